The molecule has 0 unspecified atom stereocenters. The second-order valence-electron chi connectivity index (χ2n) is 7.11. The van der Waals surface area contributed by atoms with Crippen LogP contribution >= 0.6 is 0 Å². The van der Waals surface area contributed by atoms with Crippen LogP contribution in [0.4, 0.5) is 0 Å². The third-order valence-electron chi connectivity index (χ3n) is 5.10. The van der Waals surface area contributed by atoms with E-state index in [0.29, 0.717) is 16.5 Å². The summed E-state index contributed by atoms with van der Waals surface area (Å²) in [5.74, 6) is -0.326. The molecule has 0 saturated heterocycles. The summed E-state index contributed by atoms with van der Waals surface area (Å²) in [4.78, 5) is 44.7. The second-order valence-corrected chi connectivity index (χ2v) is 7.11. The lowest BCUT2D eigenvalue weighted by atomic mass is 9.98. The van der Waals surface area contributed by atoms with Crippen LogP contribution in [0.25, 0.3) is 10.9 Å². The van der Waals surface area contributed by atoms with Crippen molar-refractivity contribution in [3.05, 3.63) is 80.5 Å². The molecule has 3 aromatic rings. The van der Waals surface area contributed by atoms with Crippen molar-refractivity contribution in [1.82, 2.24) is 9.55 Å². The Morgan fingerprint density at radius 1 is 1.00 bits per heavy atom. The Hall–Kier alpha value is -3.28. The van der Waals surface area contributed by atoms with Crippen molar-refractivity contribution in [2.24, 2.45) is 4.99 Å². The van der Waals surface area contributed by atoms with Crippen LogP contribution in [0.2, 0.25) is 0 Å². The Morgan fingerprint density at radius 2 is 1.75 bits per heavy atom. The standard InChI is InChI=1S/C22H21N3O3/c26-20(23-17-9-5-2-6-10-17)16-11-12-18-19(13-16)24-22(28)25(21(18)27)14-15-7-3-1-4-8-15/h1,3-4,7-8,11-13H,2,5-6,9-10,14H2,(H,24,28). The van der Waals surface area contributed by atoms with Gasteiger partial charge in [-0.2, -0.15) is 0 Å². The van der Waals surface area contributed by atoms with Crippen molar-refractivity contribution in [3.8, 4) is 0 Å². The summed E-state index contributed by atoms with van der Waals surface area (Å²) in [6.07, 6.45) is 5.04. The Balaban J connectivity index is 1.69. The average Bonchev–Trinajstić information content (AvgIpc) is 2.72. The predicted molar refractivity (Wildman–Crippen MR) is 109 cm³/mol. The summed E-state index contributed by atoms with van der Waals surface area (Å²) in [6.45, 7) is 0.194. The van der Waals surface area contributed by atoms with Crippen LogP contribution in [0.15, 0.2) is 63.1 Å². The van der Waals surface area contributed by atoms with Crippen molar-refractivity contribution in [3.63, 3.8) is 0 Å². The first-order valence-corrected chi connectivity index (χ1v) is 9.53. The number of amides is 1. The van der Waals surface area contributed by atoms with Crippen LogP contribution in [0.5, 0.6) is 0 Å². The molecule has 1 aliphatic rings. The van der Waals surface area contributed by atoms with Crippen molar-refractivity contribution >= 4 is 22.5 Å². The second kappa shape index (κ2) is 7.76. The van der Waals surface area contributed by atoms with Gasteiger partial charge in [0.15, 0.2) is 0 Å². The highest BCUT2D eigenvalue weighted by Gasteiger charge is 2.13. The normalized spacial score (nSPS) is 14.2. The van der Waals surface area contributed by atoms with Crippen molar-refractivity contribution in [2.45, 2.75) is 38.6 Å². The van der Waals surface area contributed by atoms with E-state index in [2.05, 4.69) is 9.98 Å². The highest BCUT2D eigenvalue weighted by Crippen LogP contribution is 2.17. The van der Waals surface area contributed by atoms with E-state index in [4.69, 9.17) is 0 Å². The molecule has 2 aromatic carbocycles. The average molecular weight is 375 g/mol. The third-order valence-corrected chi connectivity index (χ3v) is 5.10. The zero-order valence-corrected chi connectivity index (χ0v) is 15.5. The van der Waals surface area contributed by atoms with E-state index >= 15 is 0 Å². The fourth-order valence-corrected chi connectivity index (χ4v) is 3.58. The molecule has 6 nitrogen and oxygen atoms in total. The number of carbonyl (C=O) groups is 1. The number of carbonyl (C=O) groups excluding carboxylic acids is 1. The van der Waals surface area contributed by atoms with Crippen molar-refractivity contribution in [1.29, 1.82) is 0 Å². The summed E-state index contributed by atoms with van der Waals surface area (Å²) in [5.41, 5.74) is 1.66. The zero-order valence-electron chi connectivity index (χ0n) is 15.5. The van der Waals surface area contributed by atoms with Gasteiger partial charge in [0.05, 0.1) is 17.4 Å². The fourth-order valence-electron chi connectivity index (χ4n) is 3.58. The molecule has 0 spiro atoms. The van der Waals surface area contributed by atoms with Gasteiger partial charge in [-0.25, -0.2) is 9.79 Å². The van der Waals surface area contributed by atoms with E-state index in [1.54, 1.807) is 18.2 Å². The summed E-state index contributed by atoms with van der Waals surface area (Å²) < 4.78 is 1.17. The van der Waals surface area contributed by atoms with Gasteiger partial charge >= 0.3 is 5.69 Å². The van der Waals surface area contributed by atoms with Gasteiger partial charge < -0.3 is 4.98 Å². The molecule has 1 aromatic heterocycles. The molecule has 4 rings (SSSR count). The molecule has 6 heteroatoms. The van der Waals surface area contributed by atoms with E-state index < -0.39 is 5.69 Å². The molecule has 1 aliphatic carbocycles. The molecular formula is C22H21N3O3. The number of aromatic nitrogens is 2. The maximum absolute atomic E-state index is 12.8. The minimum atomic E-state index is -0.496. The molecule has 1 N–H and O–H groups in total. The molecule has 1 heterocycles. The molecule has 0 bridgehead atoms. The number of H-pyrrole nitrogens is 1. The summed E-state index contributed by atoms with van der Waals surface area (Å²) in [5, 5.41) is 0.373. The van der Waals surface area contributed by atoms with Gasteiger partial charge in [-0.1, -0.05) is 36.8 Å². The summed E-state index contributed by atoms with van der Waals surface area (Å²) in [7, 11) is 0. The molecule has 1 amide bonds. The van der Waals surface area contributed by atoms with Gasteiger partial charge in [-0.15, -0.1) is 0 Å². The maximum atomic E-state index is 12.8. The Kier molecular flexibility index (Phi) is 5.02. The number of aliphatic imine (C=N–C) groups is 1. The number of nitrogens with one attached hydrogen (secondary N) is 1. The van der Waals surface area contributed by atoms with E-state index in [-0.39, 0.29) is 18.0 Å². The zero-order chi connectivity index (χ0) is 19.5. The first-order chi connectivity index (χ1) is 13.6. The molecule has 1 saturated carbocycles. The molecule has 28 heavy (non-hydrogen) atoms. The number of benzene rings is 2. The van der Waals surface area contributed by atoms with E-state index in [9.17, 15) is 14.4 Å². The minimum Gasteiger partial charge on any atom is -0.307 e. The SMILES string of the molecule is O=C(N=C1CCCCC1)c1ccc2c(=O)n(Cc3ccccc3)c(=O)[nH]c2c1. The van der Waals surface area contributed by atoms with Crippen LogP contribution in [-0.2, 0) is 6.54 Å². The monoisotopic (exact) mass is 375 g/mol. The van der Waals surface area contributed by atoms with Gasteiger partial charge in [-0.3, -0.25) is 14.2 Å². The molecular weight excluding hydrogens is 354 g/mol. The lowest BCUT2D eigenvalue weighted by molar-refractivity contribution is 0.100. The van der Waals surface area contributed by atoms with Crippen LogP contribution < -0.4 is 11.2 Å². The smallest absolute Gasteiger partial charge is 0.307 e. The van der Waals surface area contributed by atoms with E-state index in [1.165, 1.54) is 11.0 Å². The maximum Gasteiger partial charge on any atom is 0.329 e. The Morgan fingerprint density at radius 3 is 2.50 bits per heavy atom. The summed E-state index contributed by atoms with van der Waals surface area (Å²) in [6, 6.07) is 14.1. The Bertz CT molecular complexity index is 1170. The topological polar surface area (TPSA) is 84.3 Å². The van der Waals surface area contributed by atoms with Crippen LogP contribution in [0.3, 0.4) is 0 Å². The predicted octanol–water partition coefficient (Wildman–Crippen LogP) is 3.28. The van der Waals surface area contributed by atoms with Crippen LogP contribution in [0.1, 0.15) is 48.0 Å². The highest BCUT2D eigenvalue weighted by atomic mass is 16.2. The molecule has 142 valence electrons. The van der Waals surface area contributed by atoms with Gasteiger partial charge in [0.1, 0.15) is 0 Å². The van der Waals surface area contributed by atoms with Crippen LogP contribution in [-0.4, -0.2) is 21.2 Å². The highest BCUT2D eigenvalue weighted by molar-refractivity contribution is 6.05. The lowest BCUT2D eigenvalue weighted by Crippen LogP contribution is -2.35. The first kappa shape index (κ1) is 18.1. The largest absolute Gasteiger partial charge is 0.329 e. The van der Waals surface area contributed by atoms with Crippen molar-refractivity contribution in [2.75, 3.05) is 0 Å². The fraction of sp³-hybridized carbons (Fsp3) is 0.273. The lowest BCUT2D eigenvalue weighted by Gasteiger charge is -2.11. The van der Waals surface area contributed by atoms with Crippen LogP contribution in [0, 0.1) is 0 Å². The minimum absolute atomic E-state index is 0.194. The summed E-state index contributed by atoms with van der Waals surface area (Å²) >= 11 is 0. The molecule has 0 aliphatic heterocycles. The van der Waals surface area contributed by atoms with E-state index in [1.807, 2.05) is 30.3 Å². The Labute approximate surface area is 161 Å². The molecule has 0 atom stereocenters. The number of aromatic amines is 1. The molecule has 0 radical (unpaired) electrons. The number of hydrogen-bond donors (Lipinski definition) is 1. The quantitative estimate of drug-likeness (QED) is 0.762. The van der Waals surface area contributed by atoms with E-state index in [0.717, 1.165) is 37.0 Å². The van der Waals surface area contributed by atoms with Gasteiger partial charge in [-0.05, 0) is 49.4 Å². The van der Waals surface area contributed by atoms with Crippen molar-refractivity contribution < 1.29 is 4.79 Å². The third kappa shape index (κ3) is 3.71. The first-order valence-electron chi connectivity index (χ1n) is 9.53. The van der Waals surface area contributed by atoms with Gasteiger partial charge in [0.25, 0.3) is 11.5 Å². The van der Waals surface area contributed by atoms with Gasteiger partial charge in [0.2, 0.25) is 0 Å². The number of nitrogens with zero attached hydrogens (tertiary/aromatic N) is 2. The molecule has 1 fully saturated rings. The number of rotatable bonds is 3. The number of fused-ring (bicyclic) bond motifs is 1. The van der Waals surface area contributed by atoms with Gasteiger partial charge in [0, 0.05) is 11.3 Å². The number of hydrogen-bond acceptors (Lipinski definition) is 3.